The molecule has 0 aliphatic rings. The number of ether oxygens (including phenoxy) is 2. The Kier molecular flexibility index (Phi) is 17.7. The van der Waals surface area contributed by atoms with Gasteiger partial charge < -0.3 is 30.7 Å². The maximum absolute atomic E-state index is 12.6. The minimum Gasteiger partial charge on any atom is -0.481 e. The van der Waals surface area contributed by atoms with Crippen molar-refractivity contribution in [1.82, 2.24) is 49.3 Å². The van der Waals surface area contributed by atoms with E-state index in [4.69, 9.17) is 50.0 Å². The van der Waals surface area contributed by atoms with Gasteiger partial charge in [0.05, 0.1) is 46.4 Å². The molecule has 0 saturated heterocycles. The molecule has 0 radical (unpaired) electrons. The molecule has 0 aliphatic heterocycles. The topological polar surface area (TPSA) is 302 Å². The summed E-state index contributed by atoms with van der Waals surface area (Å²) in [5, 5.41) is 21.3. The average molecular weight is 967 g/mol. The molecule has 0 bridgehead atoms. The van der Waals surface area contributed by atoms with Crippen LogP contribution in [-0.2, 0) is 16.2 Å². The summed E-state index contributed by atoms with van der Waals surface area (Å²) in [6.45, 7) is 6.73. The first-order chi connectivity index (χ1) is 29.4. The first-order valence-corrected chi connectivity index (χ1v) is 20.0. The Hall–Kier alpha value is -6.58. The Morgan fingerprint density at radius 2 is 1.57 bits per heavy atom. The van der Waals surface area contributed by atoms with E-state index in [2.05, 4.69) is 51.0 Å². The minimum absolute atomic E-state index is 0.0913. The maximum Gasteiger partial charge on any atom is 0.416 e. The van der Waals surface area contributed by atoms with Crippen molar-refractivity contribution >= 4 is 86.1 Å². The van der Waals surface area contributed by atoms with Crippen LogP contribution in [0, 0.1) is 10.1 Å². The number of hydrogen-bond donors (Lipinski definition) is 5. The standard InChI is InChI=1S/C15H18N6O6S.C10H5Cl2F3N4O2.C8H14ClN5/c1-21(2)13(22)9-6-5-7-16-12(9)28(24,25)20-15(23)19-14-17-10(26-3)8-11(18-14)27-4;11-5-1-4(10(13,14)15)2-6(12)8(5)18-9(16)7(3-17-18)19(20)21;1-4-10-7-12-6(9)13-8(14-7)11-5(2)3/h5-8H,1-4H3,(H2,17,18,19,20,23);1-3H,16H2;5H,4H2,1-3H3,(H2,10,11,12,13,14). The molecule has 340 valence electrons. The number of nitrogens with two attached hydrogens (primary N) is 1. The molecule has 6 N–H and O–H groups in total. The van der Waals surface area contributed by atoms with Crippen molar-refractivity contribution < 1.29 is 45.6 Å². The molecule has 0 aliphatic carbocycles. The maximum atomic E-state index is 12.6. The zero-order valence-corrected chi connectivity index (χ0v) is 36.9. The van der Waals surface area contributed by atoms with E-state index in [1.54, 1.807) is 4.72 Å². The molecule has 0 atom stereocenters. The van der Waals surface area contributed by atoms with Gasteiger partial charge in [0.1, 0.15) is 11.9 Å². The number of hydrogen-bond acceptors (Lipinski definition) is 18. The summed E-state index contributed by atoms with van der Waals surface area (Å²) in [5.74, 6) is -0.0679. The van der Waals surface area contributed by atoms with E-state index in [1.165, 1.54) is 57.6 Å². The fraction of sp³-hybridized carbons (Fsp3) is 0.303. The third-order valence-corrected chi connectivity index (χ3v) is 9.15. The number of urea groups is 1. The molecule has 4 heterocycles. The predicted molar refractivity (Wildman–Crippen MR) is 224 cm³/mol. The van der Waals surface area contributed by atoms with Crippen LogP contribution in [-0.4, -0.2) is 111 Å². The van der Waals surface area contributed by atoms with Crippen molar-refractivity contribution in [3.05, 3.63) is 79.3 Å². The Labute approximate surface area is 371 Å². The van der Waals surface area contributed by atoms with Crippen LogP contribution in [0.5, 0.6) is 11.8 Å². The number of amides is 3. The number of halogens is 6. The third kappa shape index (κ3) is 14.2. The zero-order chi connectivity index (χ0) is 47.4. The van der Waals surface area contributed by atoms with E-state index in [0.29, 0.717) is 24.0 Å². The lowest BCUT2D eigenvalue weighted by molar-refractivity contribution is -0.383. The third-order valence-electron chi connectivity index (χ3n) is 7.11. The van der Waals surface area contributed by atoms with Crippen LogP contribution < -0.4 is 35.9 Å². The fourth-order valence-corrected chi connectivity index (χ4v) is 6.33. The molecule has 0 spiro atoms. The second-order valence-corrected chi connectivity index (χ2v) is 15.1. The predicted octanol–water partition coefficient (Wildman–Crippen LogP) is 5.57. The number of benzene rings is 1. The normalized spacial score (nSPS) is 11.0. The number of aromatic nitrogens is 8. The van der Waals surface area contributed by atoms with Gasteiger partial charge in [0.25, 0.3) is 15.9 Å². The fourth-order valence-electron chi connectivity index (χ4n) is 4.48. The van der Waals surface area contributed by atoms with E-state index >= 15 is 0 Å². The molecule has 3 amide bonds. The van der Waals surface area contributed by atoms with Crippen molar-refractivity contribution in [2.75, 3.05) is 56.5 Å². The molecule has 23 nitrogen and oxygen atoms in total. The summed E-state index contributed by atoms with van der Waals surface area (Å²) in [7, 11) is 1.15. The number of carbonyl (C=O) groups excluding carboxylic acids is 2. The molecular formula is C33H37Cl3F3N15O8S. The highest BCUT2D eigenvalue weighted by Gasteiger charge is 2.33. The van der Waals surface area contributed by atoms with Crippen molar-refractivity contribution in [2.24, 2.45) is 0 Å². The van der Waals surface area contributed by atoms with Gasteiger partial charge in [-0.3, -0.25) is 20.2 Å². The van der Waals surface area contributed by atoms with Crippen LogP contribution in [0.2, 0.25) is 15.3 Å². The quantitative estimate of drug-likeness (QED) is 0.0754. The number of nitrogen functional groups attached to an aromatic ring is 1. The highest BCUT2D eigenvalue weighted by atomic mass is 35.5. The molecule has 0 fully saturated rings. The molecule has 30 heteroatoms. The van der Waals surface area contributed by atoms with Gasteiger partial charge in [-0.2, -0.15) is 51.6 Å². The number of nitrogens with zero attached hydrogens (tertiary/aromatic N) is 10. The molecule has 1 aromatic carbocycles. The molecule has 4 aromatic heterocycles. The summed E-state index contributed by atoms with van der Waals surface area (Å²) < 4.78 is 75.4. The first-order valence-electron chi connectivity index (χ1n) is 17.4. The summed E-state index contributed by atoms with van der Waals surface area (Å²) in [6.07, 6.45) is -2.60. The number of sulfonamides is 1. The number of methoxy groups -OCH3 is 2. The van der Waals surface area contributed by atoms with E-state index in [0.717, 1.165) is 17.4 Å². The number of anilines is 4. The van der Waals surface area contributed by atoms with Gasteiger partial charge in [-0.1, -0.05) is 23.2 Å². The average Bonchev–Trinajstić information content (AvgIpc) is 3.57. The lowest BCUT2D eigenvalue weighted by atomic mass is 10.2. The Bertz CT molecular complexity index is 2510. The number of pyridine rings is 1. The van der Waals surface area contributed by atoms with Gasteiger partial charge in [0, 0.05) is 32.9 Å². The number of nitro groups is 1. The summed E-state index contributed by atoms with van der Waals surface area (Å²) in [5.41, 5.74) is 3.59. The lowest BCUT2D eigenvalue weighted by Gasteiger charge is -2.14. The van der Waals surface area contributed by atoms with Crippen LogP contribution in [0.25, 0.3) is 5.69 Å². The van der Waals surface area contributed by atoms with Crippen LogP contribution >= 0.6 is 34.8 Å². The van der Waals surface area contributed by atoms with Gasteiger partial charge >= 0.3 is 17.9 Å². The smallest absolute Gasteiger partial charge is 0.416 e. The van der Waals surface area contributed by atoms with Crippen LogP contribution in [0.4, 0.5) is 47.3 Å². The Balaban J connectivity index is 0.000000266. The number of carbonyl (C=O) groups is 2. The van der Waals surface area contributed by atoms with Crippen LogP contribution in [0.1, 0.15) is 36.7 Å². The van der Waals surface area contributed by atoms with Gasteiger partial charge in [-0.15, -0.1) is 0 Å². The minimum atomic E-state index is -4.63. The number of nitrogens with one attached hydrogen (secondary N) is 4. The monoisotopic (exact) mass is 965 g/mol. The van der Waals surface area contributed by atoms with Gasteiger partial charge in [0.15, 0.2) is 5.03 Å². The Morgan fingerprint density at radius 1 is 0.984 bits per heavy atom. The van der Waals surface area contributed by atoms with E-state index in [1.807, 2.05) is 20.8 Å². The van der Waals surface area contributed by atoms with Gasteiger partial charge in [-0.25, -0.2) is 19.2 Å². The number of alkyl halides is 3. The van der Waals surface area contributed by atoms with E-state index in [-0.39, 0.29) is 50.3 Å². The van der Waals surface area contributed by atoms with Crippen LogP contribution in [0.3, 0.4) is 0 Å². The summed E-state index contributed by atoms with van der Waals surface area (Å²) >= 11 is 17.3. The van der Waals surface area contributed by atoms with Crippen molar-refractivity contribution in [3.8, 4) is 17.4 Å². The molecule has 5 aromatic rings. The molecule has 63 heavy (non-hydrogen) atoms. The van der Waals surface area contributed by atoms with E-state index in [9.17, 15) is 41.3 Å². The first kappa shape index (κ1) is 50.8. The van der Waals surface area contributed by atoms with Crippen molar-refractivity contribution in [3.63, 3.8) is 0 Å². The molecule has 5 rings (SSSR count). The van der Waals surface area contributed by atoms with Crippen molar-refractivity contribution in [2.45, 2.75) is 38.0 Å². The molecule has 0 saturated carbocycles. The SMILES string of the molecule is CCNc1nc(Cl)nc(NC(C)C)n1.COc1cc(OC)nc(NC(=O)NS(=O)(=O)c2ncccc2C(=O)N(C)C)n1.Nc1c([N+](=O)[O-])cnn1-c1c(Cl)cc(C(F)(F)F)cc1Cl. The van der Waals surface area contributed by atoms with Gasteiger partial charge in [0.2, 0.25) is 40.7 Å². The Morgan fingerprint density at radius 3 is 2.06 bits per heavy atom. The van der Waals surface area contributed by atoms with Crippen LogP contribution in [0.15, 0.2) is 47.8 Å². The molecule has 0 unspecified atom stereocenters. The summed E-state index contributed by atoms with van der Waals surface area (Å²) in [4.78, 5) is 58.8. The zero-order valence-electron chi connectivity index (χ0n) is 33.8. The second kappa shape index (κ2) is 22.0. The number of rotatable bonds is 12. The largest absolute Gasteiger partial charge is 0.481 e. The van der Waals surface area contributed by atoms with E-state index < -0.39 is 55.2 Å². The highest BCUT2D eigenvalue weighted by Crippen LogP contribution is 2.39. The highest BCUT2D eigenvalue weighted by molar-refractivity contribution is 7.90. The lowest BCUT2D eigenvalue weighted by Crippen LogP contribution is -2.36. The van der Waals surface area contributed by atoms with Gasteiger partial charge in [-0.05, 0) is 56.6 Å². The van der Waals surface area contributed by atoms with Crippen molar-refractivity contribution in [1.29, 1.82) is 0 Å². The molecular weight excluding hydrogens is 930 g/mol. The second-order valence-electron chi connectivity index (χ2n) is 12.3. The summed E-state index contributed by atoms with van der Waals surface area (Å²) in [6, 6.07) is 4.44.